The number of amides is 1. The van der Waals surface area contributed by atoms with Crippen LogP contribution in [0.2, 0.25) is 0 Å². The van der Waals surface area contributed by atoms with E-state index in [-0.39, 0.29) is 29.0 Å². The second-order valence-electron chi connectivity index (χ2n) is 15.3. The fraction of sp³-hybridized carbons (Fsp3) is 0.794. The van der Waals surface area contributed by atoms with Gasteiger partial charge in [0.2, 0.25) is 5.88 Å². The first kappa shape index (κ1) is 32.2. The average molecular weight is 625 g/mol. The summed E-state index contributed by atoms with van der Waals surface area (Å²) in [5.74, 6) is 0.983. The van der Waals surface area contributed by atoms with E-state index in [2.05, 4.69) is 16.8 Å². The second-order valence-corrected chi connectivity index (χ2v) is 15.3. The molecular weight excluding hydrogens is 572 g/mol. The van der Waals surface area contributed by atoms with Gasteiger partial charge in [-0.3, -0.25) is 9.69 Å². The SMILES string of the molecule is CN1CCC[C@H]1COc1cc(N2CCN(C(=O)OC(C)(C)C)C3(CCC3)C2)nc(C(=N)C2CCC[C@@]3(CCCCC3=O)[C@@H]2O)n1. The number of nitrogens with zero attached hydrogens (tertiary/aromatic N) is 5. The molecular formula is C34H52N6O5. The third-order valence-corrected chi connectivity index (χ3v) is 11.2. The number of aromatic nitrogens is 2. The molecule has 45 heavy (non-hydrogen) atoms. The number of likely N-dealkylation sites (tertiary alicyclic amines) is 1. The normalized spacial score (nSPS) is 30.4. The largest absolute Gasteiger partial charge is 0.476 e. The van der Waals surface area contributed by atoms with Crippen molar-refractivity contribution in [2.75, 3.05) is 44.7 Å². The van der Waals surface area contributed by atoms with Crippen LogP contribution in [-0.2, 0) is 9.53 Å². The van der Waals surface area contributed by atoms with Crippen LogP contribution < -0.4 is 9.64 Å². The van der Waals surface area contributed by atoms with Crippen LogP contribution in [0.15, 0.2) is 6.07 Å². The van der Waals surface area contributed by atoms with Crippen molar-refractivity contribution in [1.29, 1.82) is 5.41 Å². The number of nitrogens with one attached hydrogen (secondary N) is 1. The lowest BCUT2D eigenvalue weighted by Gasteiger charge is -2.55. The van der Waals surface area contributed by atoms with Gasteiger partial charge < -0.3 is 29.8 Å². The molecule has 5 fully saturated rings. The van der Waals surface area contributed by atoms with Gasteiger partial charge in [-0.15, -0.1) is 0 Å². The lowest BCUT2D eigenvalue weighted by molar-refractivity contribution is -0.145. The third kappa shape index (κ3) is 6.31. The van der Waals surface area contributed by atoms with Gasteiger partial charge in [0.25, 0.3) is 0 Å². The fourth-order valence-corrected chi connectivity index (χ4v) is 8.42. The van der Waals surface area contributed by atoms with E-state index in [0.29, 0.717) is 69.7 Å². The Hall–Kier alpha value is -2.79. The molecule has 3 aliphatic carbocycles. The maximum absolute atomic E-state index is 13.2. The highest BCUT2D eigenvalue weighted by Gasteiger charge is 2.52. The van der Waals surface area contributed by atoms with Crippen LogP contribution in [-0.4, -0.2) is 106 Å². The smallest absolute Gasteiger partial charge is 0.410 e. The minimum absolute atomic E-state index is 0.145. The van der Waals surface area contributed by atoms with E-state index in [1.165, 1.54) is 0 Å². The van der Waals surface area contributed by atoms with Crippen LogP contribution in [0.25, 0.3) is 0 Å². The molecule has 1 amide bonds. The van der Waals surface area contributed by atoms with E-state index in [0.717, 1.165) is 57.9 Å². The van der Waals surface area contributed by atoms with Crippen molar-refractivity contribution >= 4 is 23.4 Å². The molecule has 0 bridgehead atoms. The van der Waals surface area contributed by atoms with Crippen LogP contribution in [0.3, 0.4) is 0 Å². The number of hydrogen-bond donors (Lipinski definition) is 2. The molecule has 1 unspecified atom stereocenters. The van der Waals surface area contributed by atoms with Crippen molar-refractivity contribution in [3.8, 4) is 5.88 Å². The number of hydrogen-bond acceptors (Lipinski definition) is 10. The molecule has 2 saturated heterocycles. The minimum atomic E-state index is -0.911. The van der Waals surface area contributed by atoms with Crippen LogP contribution >= 0.6 is 0 Å². The summed E-state index contributed by atoms with van der Waals surface area (Å²) < 4.78 is 12.1. The van der Waals surface area contributed by atoms with Gasteiger partial charge in [-0.25, -0.2) is 9.78 Å². The number of ketones is 1. The molecule has 2 N–H and O–H groups in total. The summed E-state index contributed by atoms with van der Waals surface area (Å²) in [7, 11) is 2.11. The van der Waals surface area contributed by atoms with Crippen LogP contribution in [0, 0.1) is 16.7 Å². The quantitative estimate of drug-likeness (QED) is 0.436. The molecule has 11 heteroatoms. The van der Waals surface area contributed by atoms with Crippen LogP contribution in [0.5, 0.6) is 5.88 Å². The molecule has 1 aromatic rings. The summed E-state index contributed by atoms with van der Waals surface area (Å²) in [6.45, 7) is 8.93. The average Bonchev–Trinajstić information content (AvgIpc) is 3.40. The molecule has 3 saturated carbocycles. The van der Waals surface area contributed by atoms with Gasteiger partial charge in [0.15, 0.2) is 5.82 Å². The maximum atomic E-state index is 13.2. The van der Waals surface area contributed by atoms with E-state index in [1.54, 1.807) is 0 Å². The molecule has 11 nitrogen and oxygen atoms in total. The molecule has 4 atom stereocenters. The summed E-state index contributed by atoms with van der Waals surface area (Å²) in [4.78, 5) is 42.5. The first-order valence-electron chi connectivity index (χ1n) is 17.2. The molecule has 0 radical (unpaired) electrons. The van der Waals surface area contributed by atoms with Gasteiger partial charge >= 0.3 is 6.09 Å². The lowest BCUT2D eigenvalue weighted by Crippen LogP contribution is -2.67. The first-order valence-corrected chi connectivity index (χ1v) is 17.2. The fourth-order valence-electron chi connectivity index (χ4n) is 8.42. The van der Waals surface area contributed by atoms with Gasteiger partial charge in [0.05, 0.1) is 22.8 Å². The van der Waals surface area contributed by atoms with Gasteiger partial charge in [0.1, 0.15) is 23.8 Å². The number of ether oxygens (including phenoxy) is 2. The predicted molar refractivity (Wildman–Crippen MR) is 171 cm³/mol. The number of anilines is 1. The Balaban J connectivity index is 1.27. The summed E-state index contributed by atoms with van der Waals surface area (Å²) in [6, 6.07) is 2.17. The Kier molecular flexibility index (Phi) is 8.89. The molecule has 0 aromatic carbocycles. The summed E-state index contributed by atoms with van der Waals surface area (Å²) in [6.07, 6.45) is 8.98. The zero-order valence-electron chi connectivity index (χ0n) is 27.6. The second kappa shape index (κ2) is 12.4. The maximum Gasteiger partial charge on any atom is 0.410 e. The Bertz CT molecular complexity index is 1290. The van der Waals surface area contributed by atoms with Gasteiger partial charge in [-0.05, 0) is 92.2 Å². The highest BCUT2D eigenvalue weighted by Crippen LogP contribution is 2.48. The van der Waals surface area contributed by atoms with Gasteiger partial charge in [0, 0.05) is 44.1 Å². The first-order chi connectivity index (χ1) is 21.4. The molecule has 3 heterocycles. The standard InChI is InChI=1S/C34H52N6O5/c1-32(2,3)45-31(43)40-19-18-39(22-33(40)13-9-14-33)26-20-27(44-21-23-10-8-17-38(23)4)37-30(36-26)28(35)24-11-7-16-34(29(24)42)15-6-5-12-25(34)41/h20,23-24,29,35,42H,5-19,21-22H2,1-4H3/t23-,24?,29+,34+/m0/s1. The monoisotopic (exact) mass is 624 g/mol. The van der Waals surface area contributed by atoms with Gasteiger partial charge in [-0.1, -0.05) is 12.8 Å². The molecule has 2 aliphatic heterocycles. The Labute approximate surface area is 267 Å². The van der Waals surface area contributed by atoms with Crippen LogP contribution in [0.4, 0.5) is 10.6 Å². The number of rotatable bonds is 6. The van der Waals surface area contributed by atoms with E-state index in [9.17, 15) is 20.1 Å². The molecule has 5 aliphatic rings. The zero-order valence-corrected chi connectivity index (χ0v) is 27.6. The highest BCUT2D eigenvalue weighted by atomic mass is 16.6. The summed E-state index contributed by atoms with van der Waals surface area (Å²) in [5, 5.41) is 21.0. The Morgan fingerprint density at radius 2 is 1.82 bits per heavy atom. The van der Waals surface area contributed by atoms with E-state index in [1.807, 2.05) is 31.7 Å². The number of carbonyl (C=O) groups excluding carboxylic acids is 2. The number of aliphatic hydroxyl groups is 1. The topological polar surface area (TPSA) is 132 Å². The number of carbonyl (C=O) groups is 2. The van der Waals surface area contributed by atoms with Crippen molar-refractivity contribution in [2.45, 2.75) is 121 Å². The Morgan fingerprint density at radius 1 is 1.04 bits per heavy atom. The van der Waals surface area contributed by atoms with Crippen molar-refractivity contribution in [3.05, 3.63) is 11.9 Å². The van der Waals surface area contributed by atoms with Crippen LogP contribution in [0.1, 0.15) is 104 Å². The molecule has 248 valence electrons. The third-order valence-electron chi connectivity index (χ3n) is 11.2. The van der Waals surface area contributed by atoms with Gasteiger partial charge in [-0.2, -0.15) is 4.98 Å². The number of piperazine rings is 1. The van der Waals surface area contributed by atoms with Crippen molar-refractivity contribution in [2.24, 2.45) is 11.3 Å². The zero-order chi connectivity index (χ0) is 32.0. The number of Topliss-reactive ketones (excluding diaryl/α,β-unsaturated/α-hetero) is 1. The Morgan fingerprint density at radius 3 is 2.49 bits per heavy atom. The summed E-state index contributed by atoms with van der Waals surface area (Å²) in [5.41, 5.74) is -1.47. The lowest BCUT2D eigenvalue weighted by atomic mass is 9.59. The van der Waals surface area contributed by atoms with Crippen molar-refractivity contribution in [1.82, 2.24) is 19.8 Å². The molecule has 1 aromatic heterocycles. The molecule has 2 spiro atoms. The van der Waals surface area contributed by atoms with E-state index >= 15 is 0 Å². The number of aliphatic hydroxyl groups excluding tert-OH is 1. The predicted octanol–water partition coefficient (Wildman–Crippen LogP) is 4.59. The molecule has 6 rings (SSSR count). The summed E-state index contributed by atoms with van der Waals surface area (Å²) >= 11 is 0. The van der Waals surface area contributed by atoms with E-state index in [4.69, 9.17) is 19.4 Å². The minimum Gasteiger partial charge on any atom is -0.476 e. The van der Waals surface area contributed by atoms with E-state index < -0.39 is 23.0 Å². The van der Waals surface area contributed by atoms with Crippen molar-refractivity contribution in [3.63, 3.8) is 0 Å². The number of likely N-dealkylation sites (N-methyl/N-ethyl adjacent to an activating group) is 1. The van der Waals surface area contributed by atoms with Crippen molar-refractivity contribution < 1.29 is 24.2 Å². The highest BCUT2D eigenvalue weighted by molar-refractivity contribution is 5.98.